The summed E-state index contributed by atoms with van der Waals surface area (Å²) in [5.41, 5.74) is 0. The number of Topliss-reactive ketones (excluding diaryl/α,β-unsaturated/α-hetero) is 1. The van der Waals surface area contributed by atoms with Gasteiger partial charge in [-0.1, -0.05) is 0 Å². The van der Waals surface area contributed by atoms with E-state index in [4.69, 9.17) is 9.47 Å². The predicted molar refractivity (Wildman–Crippen MR) is 70.0 cm³/mol. The van der Waals surface area contributed by atoms with Gasteiger partial charge in [-0.05, 0) is 25.7 Å². The molecule has 0 N–H and O–H groups in total. The number of hydrogen-bond donors (Lipinski definition) is 0. The molecule has 0 aromatic heterocycles. The highest BCUT2D eigenvalue weighted by molar-refractivity contribution is 7.86. The lowest BCUT2D eigenvalue weighted by Gasteiger charge is -2.26. The number of ether oxygens (including phenoxy) is 2. The fourth-order valence-corrected chi connectivity index (χ4v) is 5.04. The van der Waals surface area contributed by atoms with Gasteiger partial charge in [0, 0.05) is 40.7 Å². The zero-order valence-corrected chi connectivity index (χ0v) is 11.7. The second-order valence-corrected chi connectivity index (χ2v) is 7.13. The molecule has 2 saturated heterocycles. The summed E-state index contributed by atoms with van der Waals surface area (Å²) >= 11 is 0. The Kier molecular flexibility index (Phi) is 5.33. The molecule has 0 amide bonds. The summed E-state index contributed by atoms with van der Waals surface area (Å²) in [7, 11) is 0.966. The van der Waals surface area contributed by atoms with Crippen LogP contribution in [-0.2, 0) is 25.1 Å². The van der Waals surface area contributed by atoms with Crippen LogP contribution in [0.2, 0.25) is 0 Å². The lowest BCUT2D eigenvalue weighted by molar-refractivity contribution is -0.124. The fraction of sp³-hybridized carbons (Fsp3) is 0.923. The van der Waals surface area contributed by atoms with E-state index in [2.05, 4.69) is 0 Å². The van der Waals surface area contributed by atoms with Gasteiger partial charge in [0.25, 0.3) is 0 Å². The molecule has 2 aliphatic rings. The Bertz CT molecular complexity index is 302. The normalized spacial score (nSPS) is 34.7. The van der Waals surface area contributed by atoms with Crippen molar-refractivity contribution < 1.29 is 18.5 Å². The van der Waals surface area contributed by atoms with Gasteiger partial charge in [-0.15, -0.1) is 0 Å². The number of ketones is 1. The molecule has 104 valence electrons. The Balaban J connectivity index is 1.69. The summed E-state index contributed by atoms with van der Waals surface area (Å²) in [5.74, 6) is 0.423. The number of hydrogen-bond acceptors (Lipinski definition) is 4. The molecular formula is C13H22O4S. The average molecular weight is 274 g/mol. The van der Waals surface area contributed by atoms with E-state index in [-0.39, 0.29) is 16.4 Å². The third kappa shape index (κ3) is 3.39. The molecule has 2 unspecified atom stereocenters. The summed E-state index contributed by atoms with van der Waals surface area (Å²) in [5, 5.41) is 0.569. The van der Waals surface area contributed by atoms with Crippen molar-refractivity contribution in [1.82, 2.24) is 0 Å². The Morgan fingerprint density at radius 3 is 2.44 bits per heavy atom. The Morgan fingerprint density at radius 1 is 1.17 bits per heavy atom. The molecule has 18 heavy (non-hydrogen) atoms. The topological polar surface area (TPSA) is 52.6 Å². The van der Waals surface area contributed by atoms with E-state index in [9.17, 15) is 9.00 Å². The second kappa shape index (κ2) is 6.78. The van der Waals surface area contributed by atoms with Crippen LogP contribution in [0.4, 0.5) is 0 Å². The molecule has 0 aliphatic carbocycles. The van der Waals surface area contributed by atoms with E-state index in [0.717, 1.165) is 25.7 Å². The quantitative estimate of drug-likeness (QED) is 0.657. The van der Waals surface area contributed by atoms with Crippen LogP contribution in [0.15, 0.2) is 0 Å². The van der Waals surface area contributed by atoms with Crippen LogP contribution in [-0.4, -0.2) is 47.4 Å². The van der Waals surface area contributed by atoms with Gasteiger partial charge in [-0.3, -0.25) is 9.00 Å². The van der Waals surface area contributed by atoms with Crippen molar-refractivity contribution in [3.05, 3.63) is 0 Å². The lowest BCUT2D eigenvalue weighted by Crippen LogP contribution is -2.32. The van der Waals surface area contributed by atoms with Gasteiger partial charge in [0.05, 0.1) is 19.8 Å². The van der Waals surface area contributed by atoms with Gasteiger partial charge in [-0.25, -0.2) is 0 Å². The zero-order chi connectivity index (χ0) is 13.0. The summed E-state index contributed by atoms with van der Waals surface area (Å²) < 4.78 is 22.0. The molecule has 2 fully saturated rings. The molecule has 0 spiro atoms. The zero-order valence-electron chi connectivity index (χ0n) is 10.9. The molecule has 2 atom stereocenters. The highest BCUT2D eigenvalue weighted by Crippen LogP contribution is 2.39. The van der Waals surface area contributed by atoms with Crippen molar-refractivity contribution in [2.24, 2.45) is 5.92 Å². The predicted octanol–water partition coefficient (Wildman–Crippen LogP) is 1.30. The smallest absolute Gasteiger partial charge is 0.138 e. The van der Waals surface area contributed by atoms with Crippen molar-refractivity contribution in [2.75, 3.05) is 26.9 Å². The number of rotatable bonds is 7. The number of carbonyl (C=O) groups is 1. The van der Waals surface area contributed by atoms with Gasteiger partial charge in [0.15, 0.2) is 0 Å². The van der Waals surface area contributed by atoms with Crippen molar-refractivity contribution in [3.63, 3.8) is 0 Å². The first-order chi connectivity index (χ1) is 8.72. The maximum absolute atomic E-state index is 12.0. The molecule has 4 nitrogen and oxygen atoms in total. The van der Waals surface area contributed by atoms with Crippen LogP contribution in [0.25, 0.3) is 0 Å². The van der Waals surface area contributed by atoms with Crippen molar-refractivity contribution in [1.29, 1.82) is 0 Å². The van der Waals surface area contributed by atoms with E-state index in [0.29, 0.717) is 32.0 Å². The minimum atomic E-state index is -0.666. The lowest BCUT2D eigenvalue weighted by atomic mass is 9.93. The third-order valence-corrected chi connectivity index (χ3v) is 6.11. The van der Waals surface area contributed by atoms with Gasteiger partial charge >= 0.3 is 0 Å². The maximum Gasteiger partial charge on any atom is 0.138 e. The molecule has 2 aliphatic heterocycles. The van der Waals surface area contributed by atoms with Crippen molar-refractivity contribution in [3.8, 4) is 0 Å². The first kappa shape index (κ1) is 14.2. The summed E-state index contributed by atoms with van der Waals surface area (Å²) in [6.07, 6.45) is 4.25. The molecule has 2 bridgehead atoms. The van der Waals surface area contributed by atoms with Gasteiger partial charge in [-0.2, -0.15) is 0 Å². The highest BCUT2D eigenvalue weighted by Gasteiger charge is 2.42. The Morgan fingerprint density at radius 2 is 1.83 bits per heavy atom. The SMILES string of the molecule is COCCOCCC(=O)C1CC2CCC(C1)S2=O. The molecule has 0 saturated carbocycles. The van der Waals surface area contributed by atoms with E-state index >= 15 is 0 Å². The monoisotopic (exact) mass is 274 g/mol. The van der Waals surface area contributed by atoms with Crippen LogP contribution in [0.3, 0.4) is 0 Å². The third-order valence-electron chi connectivity index (χ3n) is 3.94. The molecule has 2 heterocycles. The van der Waals surface area contributed by atoms with Crippen LogP contribution in [0.5, 0.6) is 0 Å². The Hall–Kier alpha value is -0.260. The highest BCUT2D eigenvalue weighted by atomic mass is 32.2. The fourth-order valence-electron chi connectivity index (χ4n) is 2.92. The molecular weight excluding hydrogens is 252 g/mol. The van der Waals surface area contributed by atoms with E-state index in [1.54, 1.807) is 7.11 Å². The van der Waals surface area contributed by atoms with Crippen molar-refractivity contribution in [2.45, 2.75) is 42.6 Å². The molecule has 0 radical (unpaired) electrons. The minimum absolute atomic E-state index is 0.131. The van der Waals surface area contributed by atoms with Crippen LogP contribution >= 0.6 is 0 Å². The molecule has 5 heteroatoms. The van der Waals surface area contributed by atoms with Crippen LogP contribution in [0, 0.1) is 5.92 Å². The van der Waals surface area contributed by atoms with E-state index in [1.807, 2.05) is 0 Å². The average Bonchev–Trinajstić information content (AvgIpc) is 2.61. The molecule has 0 aromatic rings. The first-order valence-corrected chi connectivity index (χ1v) is 7.98. The minimum Gasteiger partial charge on any atom is -0.382 e. The van der Waals surface area contributed by atoms with Crippen molar-refractivity contribution >= 4 is 16.6 Å². The first-order valence-electron chi connectivity index (χ1n) is 6.71. The Labute approximate surface area is 111 Å². The van der Waals surface area contributed by atoms with E-state index in [1.165, 1.54) is 0 Å². The second-order valence-electron chi connectivity index (χ2n) is 5.14. The van der Waals surface area contributed by atoms with Gasteiger partial charge in [0.2, 0.25) is 0 Å². The number of fused-ring (bicyclic) bond motifs is 2. The molecule has 0 aromatic carbocycles. The van der Waals surface area contributed by atoms with Gasteiger partial charge < -0.3 is 9.47 Å². The summed E-state index contributed by atoms with van der Waals surface area (Å²) in [6.45, 7) is 1.60. The van der Waals surface area contributed by atoms with Crippen LogP contribution in [0.1, 0.15) is 32.1 Å². The maximum atomic E-state index is 12.0. The largest absolute Gasteiger partial charge is 0.382 e. The standard InChI is InChI=1S/C13H22O4S/c1-16-6-7-17-5-4-13(14)10-8-11-2-3-12(9-10)18(11)15/h10-12H,2-9H2,1H3. The number of carbonyl (C=O) groups excluding carboxylic acids is 1. The van der Waals surface area contributed by atoms with Gasteiger partial charge in [0.1, 0.15) is 5.78 Å². The number of methoxy groups -OCH3 is 1. The summed E-state index contributed by atoms with van der Waals surface area (Å²) in [6, 6.07) is 0. The molecule has 2 rings (SSSR count). The summed E-state index contributed by atoms with van der Waals surface area (Å²) in [4.78, 5) is 12.0. The van der Waals surface area contributed by atoms with Crippen LogP contribution < -0.4 is 0 Å². The van der Waals surface area contributed by atoms with E-state index < -0.39 is 10.8 Å².